The van der Waals surface area contributed by atoms with Crippen LogP contribution in [0.4, 0.5) is 0 Å². The highest BCUT2D eigenvalue weighted by molar-refractivity contribution is 5.88. The van der Waals surface area contributed by atoms with Crippen molar-refractivity contribution in [2.24, 2.45) is 0 Å². The summed E-state index contributed by atoms with van der Waals surface area (Å²) in [5.41, 5.74) is 4.06. The number of epoxide rings is 1. The molecular formula is C21H30O5. The molecule has 1 fully saturated rings. The lowest BCUT2D eigenvalue weighted by atomic mass is 9.90. The smallest absolute Gasteiger partial charge is 0.333 e. The Hall–Kier alpha value is -1.43. The normalized spacial score (nSPS) is 36.8. The number of aliphatic hydroxyl groups excluding tert-OH is 1. The summed E-state index contributed by atoms with van der Waals surface area (Å²) >= 11 is 0. The molecule has 3 aliphatic rings. The lowest BCUT2D eigenvalue weighted by Gasteiger charge is -2.15. The Balaban J connectivity index is 1.82. The van der Waals surface area contributed by atoms with E-state index in [4.69, 9.17) is 14.2 Å². The van der Waals surface area contributed by atoms with Gasteiger partial charge in [-0.2, -0.15) is 0 Å². The number of aliphatic hydroxyl groups is 1. The average molecular weight is 362 g/mol. The van der Waals surface area contributed by atoms with E-state index < -0.39 is 0 Å². The average Bonchev–Trinajstić information content (AvgIpc) is 3.11. The predicted molar refractivity (Wildman–Crippen MR) is 98.7 cm³/mol. The Labute approximate surface area is 155 Å². The molecule has 2 heterocycles. The maximum atomic E-state index is 12.0. The van der Waals surface area contributed by atoms with Crippen LogP contribution in [0, 0.1) is 0 Å². The number of methoxy groups -OCH3 is 1. The monoisotopic (exact) mass is 362 g/mol. The van der Waals surface area contributed by atoms with Crippen molar-refractivity contribution in [1.29, 1.82) is 0 Å². The largest absolute Gasteiger partial charge is 0.466 e. The van der Waals surface area contributed by atoms with E-state index in [2.05, 4.69) is 19.9 Å². The topological polar surface area (TPSA) is 68.3 Å². The standard InChI is InChI=1S/C21H30O5/c1-14-5-4-6-15(20(23)24-3)7-8-19-21(2,26-19)10-9-17-16(12-22)13-25-18(17)11-14/h6,11,18-19,22H,4-5,7-10,12-13H2,1-3H3/b14-11+,15-6+/t18-,19-,21-/m0/s1. The number of hydrogen-bond acceptors (Lipinski definition) is 5. The van der Waals surface area contributed by atoms with Crippen molar-refractivity contribution in [1.82, 2.24) is 0 Å². The third kappa shape index (κ3) is 4.27. The first-order valence-corrected chi connectivity index (χ1v) is 9.52. The van der Waals surface area contributed by atoms with E-state index in [9.17, 15) is 9.90 Å². The minimum Gasteiger partial charge on any atom is -0.466 e. The van der Waals surface area contributed by atoms with Gasteiger partial charge in [-0.1, -0.05) is 17.7 Å². The molecule has 5 nitrogen and oxygen atoms in total. The lowest BCUT2D eigenvalue weighted by molar-refractivity contribution is -0.136. The van der Waals surface area contributed by atoms with Gasteiger partial charge in [0.1, 0.15) is 0 Å². The molecule has 3 rings (SSSR count). The van der Waals surface area contributed by atoms with Gasteiger partial charge < -0.3 is 19.3 Å². The van der Waals surface area contributed by atoms with E-state index in [1.807, 2.05) is 6.08 Å². The van der Waals surface area contributed by atoms with Crippen LogP contribution in [0.1, 0.15) is 52.4 Å². The summed E-state index contributed by atoms with van der Waals surface area (Å²) in [7, 11) is 1.43. The van der Waals surface area contributed by atoms with Gasteiger partial charge in [0.05, 0.1) is 38.1 Å². The van der Waals surface area contributed by atoms with Gasteiger partial charge in [-0.3, -0.25) is 0 Å². The van der Waals surface area contributed by atoms with Crippen LogP contribution in [-0.2, 0) is 19.0 Å². The second-order valence-corrected chi connectivity index (χ2v) is 7.75. The molecule has 2 aliphatic heterocycles. The molecule has 0 bridgehead atoms. The second-order valence-electron chi connectivity index (χ2n) is 7.75. The van der Waals surface area contributed by atoms with Crippen LogP contribution >= 0.6 is 0 Å². The van der Waals surface area contributed by atoms with Crippen LogP contribution in [-0.4, -0.2) is 49.2 Å². The maximum absolute atomic E-state index is 12.0. The maximum Gasteiger partial charge on any atom is 0.333 e. The first kappa shape index (κ1) is 19.3. The van der Waals surface area contributed by atoms with Gasteiger partial charge in [0.15, 0.2) is 0 Å². The highest BCUT2D eigenvalue weighted by Gasteiger charge is 2.51. The van der Waals surface area contributed by atoms with E-state index in [1.54, 1.807) is 0 Å². The Morgan fingerprint density at radius 3 is 2.92 bits per heavy atom. The van der Waals surface area contributed by atoms with E-state index in [-0.39, 0.29) is 30.4 Å². The van der Waals surface area contributed by atoms with Gasteiger partial charge in [-0.25, -0.2) is 4.79 Å². The number of hydrogen-bond donors (Lipinski definition) is 1. The van der Waals surface area contributed by atoms with Crippen molar-refractivity contribution in [3.8, 4) is 0 Å². The van der Waals surface area contributed by atoms with Gasteiger partial charge in [-0.15, -0.1) is 0 Å². The van der Waals surface area contributed by atoms with Crippen molar-refractivity contribution in [3.05, 3.63) is 34.4 Å². The molecule has 5 heteroatoms. The summed E-state index contributed by atoms with van der Waals surface area (Å²) in [6, 6.07) is 0. The fourth-order valence-electron chi connectivity index (χ4n) is 3.98. The second kappa shape index (κ2) is 8.07. The zero-order chi connectivity index (χ0) is 18.7. The van der Waals surface area contributed by atoms with Gasteiger partial charge in [-0.05, 0) is 63.5 Å². The number of fused-ring (bicyclic) bond motifs is 2. The number of rotatable bonds is 2. The fraction of sp³-hybridized carbons (Fsp3) is 0.667. The number of esters is 1. The molecule has 0 radical (unpaired) electrons. The Bertz CT molecular complexity index is 645. The molecular weight excluding hydrogens is 332 g/mol. The minimum atomic E-state index is -0.238. The first-order chi connectivity index (χ1) is 12.5. The number of ether oxygens (including phenoxy) is 3. The van der Waals surface area contributed by atoms with Crippen LogP contribution in [0.3, 0.4) is 0 Å². The summed E-state index contributed by atoms with van der Waals surface area (Å²) in [5.74, 6) is -0.238. The van der Waals surface area contributed by atoms with Crippen molar-refractivity contribution in [2.45, 2.75) is 70.2 Å². The first-order valence-electron chi connectivity index (χ1n) is 9.52. The molecule has 0 saturated carbocycles. The summed E-state index contributed by atoms with van der Waals surface area (Å²) in [5, 5.41) is 9.65. The van der Waals surface area contributed by atoms with Gasteiger partial charge in [0, 0.05) is 5.57 Å². The van der Waals surface area contributed by atoms with Gasteiger partial charge in [0.25, 0.3) is 0 Å². The third-order valence-electron chi connectivity index (χ3n) is 5.84. The van der Waals surface area contributed by atoms with E-state index >= 15 is 0 Å². The summed E-state index contributed by atoms with van der Waals surface area (Å²) < 4.78 is 16.8. The molecule has 0 aromatic rings. The Kier molecular flexibility index (Phi) is 6.00. The molecule has 3 atom stereocenters. The van der Waals surface area contributed by atoms with Crippen molar-refractivity contribution in [3.63, 3.8) is 0 Å². The third-order valence-corrected chi connectivity index (χ3v) is 5.84. The van der Waals surface area contributed by atoms with E-state index in [0.29, 0.717) is 13.0 Å². The lowest BCUT2D eigenvalue weighted by Crippen LogP contribution is -2.15. The van der Waals surface area contributed by atoms with Crippen molar-refractivity contribution >= 4 is 5.97 Å². The number of carbonyl (C=O) groups is 1. The molecule has 144 valence electrons. The van der Waals surface area contributed by atoms with Crippen LogP contribution in [0.15, 0.2) is 34.4 Å². The van der Waals surface area contributed by atoms with Crippen LogP contribution in [0.2, 0.25) is 0 Å². The van der Waals surface area contributed by atoms with Crippen LogP contribution in [0.25, 0.3) is 0 Å². The van der Waals surface area contributed by atoms with Gasteiger partial charge >= 0.3 is 5.97 Å². The summed E-state index contributed by atoms with van der Waals surface area (Å²) in [4.78, 5) is 12.0. The van der Waals surface area contributed by atoms with Crippen molar-refractivity contribution in [2.75, 3.05) is 20.3 Å². The quantitative estimate of drug-likeness (QED) is 0.464. The molecule has 0 unspecified atom stereocenters. The molecule has 0 spiro atoms. The number of carbonyl (C=O) groups excluding carboxylic acids is 1. The molecule has 26 heavy (non-hydrogen) atoms. The SMILES string of the molecule is COC(=O)/C1=C/CC/C(C)=C/[C@@H]2OCC(CO)=C2CC[C@]2(C)O[C@H]2CC1. The van der Waals surface area contributed by atoms with Gasteiger partial charge in [0.2, 0.25) is 0 Å². The minimum absolute atomic E-state index is 0.0510. The molecule has 0 amide bonds. The molecule has 1 aliphatic carbocycles. The van der Waals surface area contributed by atoms with Crippen molar-refractivity contribution < 1.29 is 24.1 Å². The van der Waals surface area contributed by atoms with Crippen LogP contribution < -0.4 is 0 Å². The predicted octanol–water partition coefficient (Wildman–Crippen LogP) is 3.23. The molecule has 1 N–H and O–H groups in total. The Morgan fingerprint density at radius 1 is 1.38 bits per heavy atom. The highest BCUT2D eigenvalue weighted by Crippen LogP contribution is 2.45. The summed E-state index contributed by atoms with van der Waals surface area (Å²) in [6.45, 7) is 4.80. The molecule has 0 aromatic heterocycles. The van der Waals surface area contributed by atoms with E-state index in [0.717, 1.165) is 43.3 Å². The fourth-order valence-corrected chi connectivity index (χ4v) is 3.98. The molecule has 1 saturated heterocycles. The molecule has 0 aromatic carbocycles. The van der Waals surface area contributed by atoms with Crippen LogP contribution in [0.5, 0.6) is 0 Å². The van der Waals surface area contributed by atoms with E-state index in [1.165, 1.54) is 18.3 Å². The zero-order valence-electron chi connectivity index (χ0n) is 16.0. The Morgan fingerprint density at radius 2 is 2.19 bits per heavy atom. The highest BCUT2D eigenvalue weighted by atomic mass is 16.6. The summed E-state index contributed by atoms with van der Waals surface area (Å²) in [6.07, 6.45) is 9.25. The number of allylic oxidation sites excluding steroid dienone is 2. The zero-order valence-corrected chi connectivity index (χ0v) is 16.0.